The Bertz CT molecular complexity index is 1400. The van der Waals surface area contributed by atoms with Crippen LogP contribution in [0.4, 0.5) is 0 Å². The molecule has 2 atom stereocenters. The van der Waals surface area contributed by atoms with E-state index in [4.69, 9.17) is 19.3 Å². The predicted molar refractivity (Wildman–Crippen MR) is 133 cm³/mol. The third-order valence-electron chi connectivity index (χ3n) is 6.33. The second kappa shape index (κ2) is 13.0. The zero-order chi connectivity index (χ0) is 25.1. The molecule has 11 nitrogen and oxygen atoms in total. The normalized spacial score (nSPS) is 17.7. The molecule has 6 rings (SSSR count). The fourth-order valence-electron chi connectivity index (χ4n) is 4.28. The number of nitrogens with zero attached hydrogens (tertiary/aromatic N) is 4. The second-order valence-corrected chi connectivity index (χ2v) is 8.68. The zero-order valence-electron chi connectivity index (χ0n) is 21.4. The van der Waals surface area contributed by atoms with Crippen LogP contribution in [-0.2, 0) is 27.3 Å². The van der Waals surface area contributed by atoms with Crippen molar-refractivity contribution >= 4 is 33.7 Å². The first-order chi connectivity index (χ1) is 17.5. The Labute approximate surface area is 231 Å². The number of hydrogen-bond donors (Lipinski definition) is 1. The van der Waals surface area contributed by atoms with Crippen LogP contribution in [0, 0.1) is 0 Å². The average molecular weight is 516 g/mol. The Morgan fingerprint density at radius 1 is 0.895 bits per heavy atom. The molecule has 2 aliphatic rings. The van der Waals surface area contributed by atoms with Gasteiger partial charge in [0.25, 0.3) is 0 Å². The molecule has 0 radical (unpaired) electrons. The van der Waals surface area contributed by atoms with E-state index in [-0.39, 0.29) is 48.2 Å². The van der Waals surface area contributed by atoms with Crippen molar-refractivity contribution in [3.63, 3.8) is 0 Å². The maximum atomic E-state index is 11.9. The molecule has 2 unspecified atom stereocenters. The maximum Gasteiger partial charge on any atom is 1.00 e. The van der Waals surface area contributed by atoms with Crippen LogP contribution in [0.5, 0.6) is 0 Å². The van der Waals surface area contributed by atoms with Gasteiger partial charge in [0.05, 0.1) is 42.9 Å². The summed E-state index contributed by atoms with van der Waals surface area (Å²) < 4.78 is 19.4. The first-order valence-corrected chi connectivity index (χ1v) is 12.1. The first-order valence-electron chi connectivity index (χ1n) is 12.1. The van der Waals surface area contributed by atoms with E-state index in [1.165, 1.54) is 0 Å². The van der Waals surface area contributed by atoms with Gasteiger partial charge in [-0.25, -0.2) is 9.59 Å². The fraction of sp³-hybridized carbons (Fsp3) is 0.385. The van der Waals surface area contributed by atoms with E-state index in [9.17, 15) is 9.59 Å². The molecule has 4 heterocycles. The van der Waals surface area contributed by atoms with Gasteiger partial charge in [-0.3, -0.25) is 9.36 Å². The van der Waals surface area contributed by atoms with Crippen LogP contribution < -0.4 is 18.9 Å². The van der Waals surface area contributed by atoms with Crippen molar-refractivity contribution in [2.75, 3.05) is 19.8 Å². The molecule has 0 saturated carbocycles. The Morgan fingerprint density at radius 3 is 1.76 bits per heavy atom. The van der Waals surface area contributed by atoms with Gasteiger partial charge in [-0.15, -0.1) is 0 Å². The molecular weight excluding hydrogens is 487 g/mol. The van der Waals surface area contributed by atoms with Crippen LogP contribution in [0.1, 0.15) is 40.7 Å². The maximum absolute atomic E-state index is 11.9. The number of benzene rings is 2. The fourth-order valence-corrected chi connectivity index (χ4v) is 4.28. The molecule has 2 fully saturated rings. The van der Waals surface area contributed by atoms with Gasteiger partial charge in [0.15, 0.2) is 11.4 Å². The Morgan fingerprint density at radius 2 is 1.34 bits per heavy atom. The van der Waals surface area contributed by atoms with Gasteiger partial charge in [-0.2, -0.15) is 10.2 Å². The quantitative estimate of drug-likeness (QED) is 0.271. The van der Waals surface area contributed by atoms with Gasteiger partial charge in [0, 0.05) is 24.0 Å². The van der Waals surface area contributed by atoms with E-state index in [1.807, 2.05) is 47.1 Å². The van der Waals surface area contributed by atoms with Crippen molar-refractivity contribution in [2.45, 2.75) is 45.1 Å². The van der Waals surface area contributed by atoms with Gasteiger partial charge in [0.1, 0.15) is 0 Å². The molecule has 0 amide bonds. The summed E-state index contributed by atoms with van der Waals surface area (Å²) in [5.74, 6) is -1.36. The summed E-state index contributed by atoms with van der Waals surface area (Å²) in [6.45, 7) is 5.04. The molecule has 0 bridgehead atoms. The van der Waals surface area contributed by atoms with E-state index in [1.54, 1.807) is 17.7 Å². The van der Waals surface area contributed by atoms with Crippen molar-refractivity contribution in [3.05, 3.63) is 59.9 Å². The molecule has 38 heavy (non-hydrogen) atoms. The number of carbonyl (C=O) groups excluding carboxylic acids is 1. The van der Waals surface area contributed by atoms with Crippen molar-refractivity contribution in [1.29, 1.82) is 0 Å². The summed E-state index contributed by atoms with van der Waals surface area (Å²) in [6.07, 6.45) is 2.43. The molecule has 0 aliphatic carbocycles. The van der Waals surface area contributed by atoms with E-state index >= 15 is 0 Å². The van der Waals surface area contributed by atoms with Crippen LogP contribution in [0.3, 0.4) is 0 Å². The van der Waals surface area contributed by atoms with Crippen LogP contribution in [0.2, 0.25) is 0 Å². The monoisotopic (exact) mass is 516 g/mol. The molecule has 4 aromatic rings. The van der Waals surface area contributed by atoms with E-state index < -0.39 is 5.97 Å². The summed E-state index contributed by atoms with van der Waals surface area (Å²) in [5.41, 5.74) is 2.29. The van der Waals surface area contributed by atoms with Crippen LogP contribution in [0.15, 0.2) is 48.5 Å². The minimum absolute atomic E-state index is 0. The van der Waals surface area contributed by atoms with Crippen molar-refractivity contribution in [1.82, 2.24) is 19.6 Å². The Balaban J connectivity index is 0.000000201. The average Bonchev–Trinajstić information content (AvgIpc) is 3.38. The second-order valence-electron chi connectivity index (χ2n) is 8.68. The SMILES string of the molecule is CCOC(=O)c1nn(CC2CCO2)c2ccccc12.O=C(O)c1nn(CC2CCO2)c2ccccc12.[Li+].[OH-]. The number of rotatable bonds is 7. The number of carboxylic acids is 1. The van der Waals surface area contributed by atoms with Crippen molar-refractivity contribution in [2.24, 2.45) is 0 Å². The number of ether oxygens (including phenoxy) is 3. The van der Waals surface area contributed by atoms with Gasteiger partial charge < -0.3 is 24.8 Å². The Hall–Kier alpha value is -3.20. The molecule has 12 heteroatoms. The number of para-hydroxylation sites is 2. The van der Waals surface area contributed by atoms with Crippen LogP contribution in [0.25, 0.3) is 21.8 Å². The number of aromatic carboxylic acids is 1. The molecule has 0 spiro atoms. The third kappa shape index (κ3) is 6.09. The molecular formula is C26H29LiN4O7. The molecule has 2 N–H and O–H groups in total. The molecule has 2 aromatic carbocycles. The van der Waals surface area contributed by atoms with Gasteiger partial charge in [-0.1, -0.05) is 36.4 Å². The number of hydrogen-bond acceptors (Lipinski definition) is 8. The summed E-state index contributed by atoms with van der Waals surface area (Å²) in [7, 11) is 0. The summed E-state index contributed by atoms with van der Waals surface area (Å²) in [4.78, 5) is 23.0. The number of esters is 1. The summed E-state index contributed by atoms with van der Waals surface area (Å²) in [6, 6.07) is 15.1. The van der Waals surface area contributed by atoms with Gasteiger partial charge in [-0.05, 0) is 31.9 Å². The number of carbonyl (C=O) groups is 2. The smallest absolute Gasteiger partial charge is 0.870 e. The Kier molecular flexibility index (Phi) is 10.1. The molecule has 196 valence electrons. The van der Waals surface area contributed by atoms with Crippen LogP contribution in [-0.4, -0.2) is 74.1 Å². The first kappa shape index (κ1) is 29.4. The predicted octanol–water partition coefficient (Wildman–Crippen LogP) is 0.353. The van der Waals surface area contributed by atoms with Gasteiger partial charge >= 0.3 is 30.8 Å². The summed E-state index contributed by atoms with van der Waals surface area (Å²) >= 11 is 0. The topological polar surface area (TPSA) is 148 Å². The van der Waals surface area contributed by atoms with Crippen LogP contribution >= 0.6 is 0 Å². The standard InChI is InChI=1S/C14H16N2O3.C12H12N2O3.Li.H2O/c1-2-18-14(17)13-11-5-3-4-6-12(11)16(15-13)9-10-7-8-19-10;15-12(16)11-9-3-1-2-4-10(9)14(13-11)7-8-5-6-17-8;;/h3-6,10H,2,7-9H2,1H3;1-4,8H,5-7H2,(H,15,16);;1H2/q;;+1;/p-1. The van der Waals surface area contributed by atoms with Crippen molar-refractivity contribution < 1.29 is 53.2 Å². The molecule has 2 aromatic heterocycles. The minimum Gasteiger partial charge on any atom is -0.870 e. The summed E-state index contributed by atoms with van der Waals surface area (Å²) in [5, 5.41) is 19.1. The molecule has 2 saturated heterocycles. The largest absolute Gasteiger partial charge is 1.00 e. The van der Waals surface area contributed by atoms with E-state index in [2.05, 4.69) is 10.2 Å². The minimum atomic E-state index is -0.991. The van der Waals surface area contributed by atoms with Crippen molar-refractivity contribution in [3.8, 4) is 0 Å². The number of aromatic nitrogens is 4. The molecule has 2 aliphatic heterocycles. The van der Waals surface area contributed by atoms with E-state index in [0.29, 0.717) is 30.8 Å². The van der Waals surface area contributed by atoms with Gasteiger partial charge in [0.2, 0.25) is 0 Å². The zero-order valence-corrected chi connectivity index (χ0v) is 21.4. The third-order valence-corrected chi connectivity index (χ3v) is 6.33. The van der Waals surface area contributed by atoms with E-state index in [0.717, 1.165) is 42.5 Å². The number of fused-ring (bicyclic) bond motifs is 2. The number of carboxylic acid groups (broad SMARTS) is 1.